The van der Waals surface area contributed by atoms with Gasteiger partial charge >= 0.3 is 12.5 Å². The van der Waals surface area contributed by atoms with Gasteiger partial charge in [0, 0.05) is 43.3 Å². The minimum Gasteiger partial charge on any atom is -0.507 e. The monoisotopic (exact) mass is 493 g/mol. The maximum atomic E-state index is 12.7. The summed E-state index contributed by atoms with van der Waals surface area (Å²) >= 11 is 0. The van der Waals surface area contributed by atoms with Crippen LogP contribution in [0.2, 0.25) is 0 Å². The molecule has 2 aromatic rings. The van der Waals surface area contributed by atoms with Crippen LogP contribution in [0.4, 0.5) is 26.3 Å². The summed E-state index contributed by atoms with van der Waals surface area (Å²) in [5.41, 5.74) is -0.122. The third-order valence-electron chi connectivity index (χ3n) is 5.09. The highest BCUT2D eigenvalue weighted by Gasteiger charge is 2.40. The number of phenols is 1. The van der Waals surface area contributed by atoms with E-state index in [9.17, 15) is 36.2 Å². The average molecular weight is 493 g/mol. The summed E-state index contributed by atoms with van der Waals surface area (Å²) < 4.78 is 85.0. The number of benzene rings is 1. The molecule has 1 aromatic carbocycles. The second kappa shape index (κ2) is 10.1. The van der Waals surface area contributed by atoms with Crippen molar-refractivity contribution in [3.63, 3.8) is 0 Å². The van der Waals surface area contributed by atoms with Crippen molar-refractivity contribution in [2.45, 2.75) is 44.0 Å². The maximum Gasteiger partial charge on any atom is 0.522 e. The fraction of sp³-hybridized carbons (Fsp3) is 0.429. The Morgan fingerprint density at radius 3 is 2.53 bits per heavy atom. The molecule has 7 nitrogen and oxygen atoms in total. The van der Waals surface area contributed by atoms with Crippen LogP contribution >= 0.6 is 0 Å². The molecule has 1 aliphatic rings. The highest BCUT2D eigenvalue weighted by molar-refractivity contribution is 5.77. The Balaban J connectivity index is 1.40. The van der Waals surface area contributed by atoms with E-state index in [-0.39, 0.29) is 37.3 Å². The number of aromatic hydroxyl groups is 1. The van der Waals surface area contributed by atoms with Gasteiger partial charge in [-0.1, -0.05) is 6.58 Å². The zero-order chi connectivity index (χ0) is 25.1. The number of rotatable bonds is 9. The highest BCUT2D eigenvalue weighted by Crippen LogP contribution is 2.36. The summed E-state index contributed by atoms with van der Waals surface area (Å²) in [5.74, 6) is -1.02. The molecule has 1 amide bonds. The lowest BCUT2D eigenvalue weighted by molar-refractivity contribution is -0.357. The first-order valence-electron chi connectivity index (χ1n) is 10.1. The smallest absolute Gasteiger partial charge is 0.507 e. The van der Waals surface area contributed by atoms with E-state index in [0.717, 1.165) is 12.1 Å². The van der Waals surface area contributed by atoms with E-state index in [2.05, 4.69) is 21.6 Å². The zero-order valence-electron chi connectivity index (χ0n) is 17.6. The lowest BCUT2D eigenvalue weighted by Crippen LogP contribution is -2.42. The van der Waals surface area contributed by atoms with E-state index in [4.69, 9.17) is 4.74 Å². The Morgan fingerprint density at radius 1 is 1.21 bits per heavy atom. The van der Waals surface area contributed by atoms with Crippen molar-refractivity contribution in [1.29, 1.82) is 0 Å². The Kier molecular flexibility index (Phi) is 7.56. The molecule has 1 aromatic heterocycles. The number of ether oxygens (including phenoxy) is 2. The number of phenolic OH excluding ortho intramolecular Hbond substituents is 1. The molecular formula is C21H21F6N3O4. The number of hydrogen-bond acceptors (Lipinski definition) is 5. The van der Waals surface area contributed by atoms with Gasteiger partial charge in [-0.2, -0.15) is 13.2 Å². The van der Waals surface area contributed by atoms with Crippen molar-refractivity contribution in [2.24, 2.45) is 0 Å². The summed E-state index contributed by atoms with van der Waals surface area (Å²) in [6.45, 7) is 3.73. The van der Waals surface area contributed by atoms with Crippen molar-refractivity contribution in [3.05, 3.63) is 42.9 Å². The predicted octanol–water partition coefficient (Wildman–Crippen LogP) is 4.34. The highest BCUT2D eigenvalue weighted by atomic mass is 19.4. The third-order valence-corrected chi connectivity index (χ3v) is 5.09. The number of nitrogens with one attached hydrogen (secondary N) is 1. The van der Waals surface area contributed by atoms with Crippen molar-refractivity contribution in [3.8, 4) is 17.0 Å². The lowest BCUT2D eigenvalue weighted by Gasteiger charge is -2.34. The Labute approximate surface area is 190 Å². The van der Waals surface area contributed by atoms with Crippen molar-refractivity contribution in [2.75, 3.05) is 13.2 Å². The fourth-order valence-corrected chi connectivity index (χ4v) is 3.22. The topological polar surface area (TPSA) is 85.6 Å². The van der Waals surface area contributed by atoms with Crippen LogP contribution in [0, 0.1) is 0 Å². The van der Waals surface area contributed by atoms with Gasteiger partial charge in [-0.3, -0.25) is 9.53 Å². The number of halogens is 6. The molecular weight excluding hydrogens is 472 g/mol. The summed E-state index contributed by atoms with van der Waals surface area (Å²) in [6.07, 6.45) is -7.45. The number of amides is 1. The molecule has 1 fully saturated rings. The van der Waals surface area contributed by atoms with Crippen molar-refractivity contribution < 1.29 is 45.7 Å². The zero-order valence-corrected chi connectivity index (χ0v) is 17.6. The molecule has 0 unspecified atom stereocenters. The van der Waals surface area contributed by atoms with Crippen LogP contribution in [0.25, 0.3) is 17.0 Å². The second-order valence-electron chi connectivity index (χ2n) is 7.65. The van der Waals surface area contributed by atoms with Crippen LogP contribution < -0.4 is 5.32 Å². The van der Waals surface area contributed by atoms with Gasteiger partial charge in [0.15, 0.2) is 0 Å². The molecule has 1 saturated carbocycles. The van der Waals surface area contributed by atoms with E-state index in [1.165, 1.54) is 17.1 Å². The first-order chi connectivity index (χ1) is 15.8. The largest absolute Gasteiger partial charge is 0.522 e. The summed E-state index contributed by atoms with van der Waals surface area (Å²) in [5, 5.41) is 12.5. The number of imidazole rings is 1. The van der Waals surface area contributed by atoms with E-state index >= 15 is 0 Å². The minimum atomic E-state index is -4.69. The predicted molar refractivity (Wildman–Crippen MR) is 107 cm³/mol. The number of alkyl halides is 6. The van der Waals surface area contributed by atoms with Gasteiger partial charge in [-0.15, -0.1) is 13.2 Å². The van der Waals surface area contributed by atoms with Crippen molar-refractivity contribution in [1.82, 2.24) is 14.9 Å². The number of aromatic nitrogens is 2. The Morgan fingerprint density at radius 2 is 1.91 bits per heavy atom. The first-order valence-corrected chi connectivity index (χ1v) is 10.1. The normalized spacial score (nSPS) is 18.4. The molecule has 13 heteroatoms. The number of hydrogen-bond donors (Lipinski definition) is 2. The lowest BCUT2D eigenvalue weighted by atomic mass is 9.92. The van der Waals surface area contributed by atoms with Crippen LogP contribution in [0.3, 0.4) is 0 Å². The number of carbonyl (C=O) groups excluding carboxylic acids is 1. The van der Waals surface area contributed by atoms with Crippen LogP contribution in [-0.4, -0.2) is 52.3 Å². The van der Waals surface area contributed by atoms with E-state index in [1.807, 2.05) is 0 Å². The Bertz CT molecular complexity index is 1030. The van der Waals surface area contributed by atoms with Crippen LogP contribution in [0.1, 0.15) is 24.8 Å². The molecule has 34 heavy (non-hydrogen) atoms. The molecule has 1 heterocycles. The molecule has 0 atom stereocenters. The molecule has 0 spiro atoms. The van der Waals surface area contributed by atoms with E-state index < -0.39 is 42.0 Å². The van der Waals surface area contributed by atoms with Crippen LogP contribution in [-0.2, 0) is 20.4 Å². The van der Waals surface area contributed by atoms with Gasteiger partial charge in [0.1, 0.15) is 12.4 Å². The average Bonchev–Trinajstić information content (AvgIpc) is 3.18. The number of nitrogens with zero attached hydrogens (tertiary/aromatic N) is 2. The quantitative estimate of drug-likeness (QED) is 0.508. The SMILES string of the molecule is C=C(CCNC(=O)COC1CC(OC(F)(F)F)C1)n1cnc(-c2ccc(C(F)(F)F)cc2O)c1. The van der Waals surface area contributed by atoms with E-state index in [0.29, 0.717) is 18.2 Å². The van der Waals surface area contributed by atoms with Gasteiger partial charge in [0.25, 0.3) is 0 Å². The van der Waals surface area contributed by atoms with E-state index in [1.54, 1.807) is 0 Å². The minimum absolute atomic E-state index is 0.0566. The summed E-state index contributed by atoms with van der Waals surface area (Å²) in [7, 11) is 0. The first kappa shape index (κ1) is 25.6. The Hall–Kier alpha value is -3.06. The molecule has 0 aliphatic heterocycles. The van der Waals surface area contributed by atoms with Gasteiger partial charge < -0.3 is 19.7 Å². The number of carbonyl (C=O) groups is 1. The maximum absolute atomic E-state index is 12.7. The molecule has 0 bridgehead atoms. The van der Waals surface area contributed by atoms with Crippen LogP contribution in [0.5, 0.6) is 5.75 Å². The summed E-state index contributed by atoms with van der Waals surface area (Å²) in [6, 6.07) is 2.58. The third kappa shape index (κ3) is 6.97. The fourth-order valence-electron chi connectivity index (χ4n) is 3.22. The van der Waals surface area contributed by atoms with Gasteiger partial charge in [-0.05, 0) is 18.2 Å². The molecule has 0 saturated heterocycles. The molecule has 0 radical (unpaired) electrons. The molecule has 186 valence electrons. The standard InChI is InChI=1S/C21H21F6N3O4/c1-12(4-5-28-19(32)10-33-14-7-15(8-14)34-21(25,26)27)30-9-17(29-11-30)16-3-2-13(6-18(16)31)20(22,23)24/h2-3,6,9,11,14-15,31H,1,4-5,7-8,10H2,(H,28,32). The van der Waals surface area contributed by atoms with Gasteiger partial charge in [0.2, 0.25) is 5.91 Å². The van der Waals surface area contributed by atoms with Gasteiger partial charge in [0.05, 0.1) is 29.8 Å². The summed E-state index contributed by atoms with van der Waals surface area (Å²) in [4.78, 5) is 15.9. The van der Waals surface area contributed by atoms with Crippen molar-refractivity contribution >= 4 is 11.6 Å². The molecule has 2 N–H and O–H groups in total. The second-order valence-corrected chi connectivity index (χ2v) is 7.65. The molecule has 3 rings (SSSR count). The van der Waals surface area contributed by atoms with Gasteiger partial charge in [-0.25, -0.2) is 4.98 Å². The molecule has 1 aliphatic carbocycles. The van der Waals surface area contributed by atoms with Crippen LogP contribution in [0.15, 0.2) is 37.3 Å².